The second-order valence-corrected chi connectivity index (χ2v) is 8.47. The Morgan fingerprint density at radius 2 is 2.09 bits per heavy atom. The van der Waals surface area contributed by atoms with Crippen LogP contribution in [0.1, 0.15) is 46.6 Å². The summed E-state index contributed by atoms with van der Waals surface area (Å²) >= 11 is 1.30. The van der Waals surface area contributed by atoms with Crippen LogP contribution in [0.5, 0.6) is 11.5 Å². The molecule has 1 aromatic carbocycles. The van der Waals surface area contributed by atoms with Crippen LogP contribution in [-0.4, -0.2) is 42.8 Å². The van der Waals surface area contributed by atoms with E-state index < -0.39 is 17.8 Å². The number of hydrogen-bond acceptors (Lipinski definition) is 8. The van der Waals surface area contributed by atoms with Gasteiger partial charge >= 0.3 is 17.8 Å². The molecule has 32 heavy (non-hydrogen) atoms. The molecule has 10 heteroatoms. The first-order valence-corrected chi connectivity index (χ1v) is 11.0. The molecule has 3 rings (SSSR count). The molecule has 0 fully saturated rings. The van der Waals surface area contributed by atoms with Gasteiger partial charge in [0.25, 0.3) is 0 Å². The first-order valence-electron chi connectivity index (χ1n) is 10.2. The maximum atomic E-state index is 12.5. The van der Waals surface area contributed by atoms with E-state index >= 15 is 0 Å². The summed E-state index contributed by atoms with van der Waals surface area (Å²) in [6, 6.07) is 4.51. The van der Waals surface area contributed by atoms with Crippen molar-refractivity contribution in [1.29, 1.82) is 0 Å². The first-order chi connectivity index (χ1) is 15.3. The third-order valence-electron chi connectivity index (χ3n) is 5.01. The first kappa shape index (κ1) is 23.3. The summed E-state index contributed by atoms with van der Waals surface area (Å²) in [5, 5.41) is 16.2. The fourth-order valence-corrected chi connectivity index (χ4v) is 4.80. The number of benzene rings is 1. The van der Waals surface area contributed by atoms with Crippen molar-refractivity contribution in [1.82, 2.24) is 5.43 Å². The lowest BCUT2D eigenvalue weighted by Gasteiger charge is -2.18. The molecule has 0 aliphatic heterocycles. The third kappa shape index (κ3) is 5.25. The van der Waals surface area contributed by atoms with Crippen LogP contribution in [0.15, 0.2) is 23.3 Å². The molecule has 2 aromatic rings. The highest BCUT2D eigenvalue weighted by Gasteiger charge is 2.30. The van der Waals surface area contributed by atoms with E-state index in [-0.39, 0.29) is 18.1 Å². The number of ether oxygens (including phenoxy) is 2. The number of nitrogens with one attached hydrogen (secondary N) is 2. The van der Waals surface area contributed by atoms with E-state index in [1.165, 1.54) is 36.8 Å². The summed E-state index contributed by atoms with van der Waals surface area (Å²) in [5.74, 6) is -1.73. The zero-order valence-electron chi connectivity index (χ0n) is 18.1. The summed E-state index contributed by atoms with van der Waals surface area (Å²) in [4.78, 5) is 38.2. The quantitative estimate of drug-likeness (QED) is 0.264. The van der Waals surface area contributed by atoms with Gasteiger partial charge in [0.1, 0.15) is 5.00 Å². The van der Waals surface area contributed by atoms with Crippen molar-refractivity contribution in [3.63, 3.8) is 0 Å². The van der Waals surface area contributed by atoms with Gasteiger partial charge in [-0.05, 0) is 61.4 Å². The zero-order valence-corrected chi connectivity index (χ0v) is 18.9. The number of phenolic OH excluding ortho intramolecular Hbond substituents is 1. The molecule has 1 aliphatic carbocycles. The smallest absolute Gasteiger partial charge is 0.341 e. The van der Waals surface area contributed by atoms with Gasteiger partial charge in [-0.15, -0.1) is 11.3 Å². The summed E-state index contributed by atoms with van der Waals surface area (Å²) in [6.07, 6.45) is 3.79. The number of fused-ring (bicyclic) bond motifs is 1. The molecule has 1 aliphatic rings. The molecule has 0 spiro atoms. The van der Waals surface area contributed by atoms with Crippen molar-refractivity contribution in [3.05, 3.63) is 39.8 Å². The Morgan fingerprint density at radius 3 is 2.81 bits per heavy atom. The van der Waals surface area contributed by atoms with Crippen molar-refractivity contribution in [3.8, 4) is 11.5 Å². The SMILES string of the molecule is CCOC(=O)c1c(NC(=O)C(=O)N/N=C/c2ccc(O)c(OC)c2)sc2c1CCC(C)C2. The van der Waals surface area contributed by atoms with Crippen LogP contribution in [-0.2, 0) is 27.2 Å². The standard InChI is InChI=1S/C22H25N3O6S/c1-4-31-22(29)18-14-7-5-12(2)9-17(14)32-21(18)24-19(27)20(28)25-23-11-13-6-8-15(26)16(10-13)30-3/h6,8,10-12,26H,4-5,7,9H2,1-3H3,(H,24,27)(H,25,28)/b23-11+. The predicted molar refractivity (Wildman–Crippen MR) is 120 cm³/mol. The maximum absolute atomic E-state index is 12.5. The second kappa shape index (κ2) is 10.3. The topological polar surface area (TPSA) is 126 Å². The number of amides is 2. The van der Waals surface area contributed by atoms with E-state index in [1.54, 1.807) is 13.0 Å². The molecule has 0 bridgehead atoms. The predicted octanol–water partition coefficient (Wildman–Crippen LogP) is 2.85. The van der Waals surface area contributed by atoms with Crippen molar-refractivity contribution in [2.75, 3.05) is 19.0 Å². The lowest BCUT2D eigenvalue weighted by Crippen LogP contribution is -2.32. The number of thiophene rings is 1. The number of anilines is 1. The largest absolute Gasteiger partial charge is 0.504 e. The molecule has 170 valence electrons. The van der Waals surface area contributed by atoms with Gasteiger partial charge in [-0.1, -0.05) is 6.92 Å². The van der Waals surface area contributed by atoms with E-state index in [1.807, 2.05) is 0 Å². The lowest BCUT2D eigenvalue weighted by molar-refractivity contribution is -0.136. The number of hydrazone groups is 1. The van der Waals surface area contributed by atoms with Crippen LogP contribution < -0.4 is 15.5 Å². The Morgan fingerprint density at radius 1 is 1.31 bits per heavy atom. The van der Waals surface area contributed by atoms with E-state index in [0.29, 0.717) is 22.0 Å². The lowest BCUT2D eigenvalue weighted by atomic mass is 9.88. The minimum atomic E-state index is -0.985. The summed E-state index contributed by atoms with van der Waals surface area (Å²) in [5.41, 5.74) is 3.92. The number of esters is 1. The molecule has 1 heterocycles. The van der Waals surface area contributed by atoms with Crippen LogP contribution in [0.2, 0.25) is 0 Å². The van der Waals surface area contributed by atoms with Crippen LogP contribution >= 0.6 is 11.3 Å². The van der Waals surface area contributed by atoms with Crippen LogP contribution in [0.3, 0.4) is 0 Å². The van der Waals surface area contributed by atoms with E-state index in [4.69, 9.17) is 9.47 Å². The molecule has 1 unspecified atom stereocenters. The molecule has 1 aromatic heterocycles. The minimum absolute atomic E-state index is 0.0292. The van der Waals surface area contributed by atoms with E-state index in [2.05, 4.69) is 22.8 Å². The monoisotopic (exact) mass is 459 g/mol. The molecule has 0 saturated heterocycles. The molecule has 3 N–H and O–H groups in total. The van der Waals surface area contributed by atoms with Gasteiger partial charge in [0.05, 0.1) is 25.5 Å². The van der Waals surface area contributed by atoms with Crippen molar-refractivity contribution in [2.45, 2.75) is 33.1 Å². The summed E-state index contributed by atoms with van der Waals surface area (Å²) < 4.78 is 10.2. The van der Waals surface area contributed by atoms with Gasteiger partial charge in [0.2, 0.25) is 0 Å². The highest BCUT2D eigenvalue weighted by molar-refractivity contribution is 7.17. The van der Waals surface area contributed by atoms with Crippen LogP contribution in [0, 0.1) is 5.92 Å². The van der Waals surface area contributed by atoms with Gasteiger partial charge in [0, 0.05) is 4.88 Å². The molecule has 1 atom stereocenters. The van der Waals surface area contributed by atoms with Crippen molar-refractivity contribution >= 4 is 40.3 Å². The fourth-order valence-electron chi connectivity index (χ4n) is 3.41. The Labute approximate surface area is 189 Å². The van der Waals surface area contributed by atoms with Crippen LogP contribution in [0.4, 0.5) is 5.00 Å². The average molecular weight is 460 g/mol. The Hall–Kier alpha value is -3.40. The van der Waals surface area contributed by atoms with Gasteiger partial charge in [0.15, 0.2) is 11.5 Å². The molecular formula is C22H25N3O6S. The summed E-state index contributed by atoms with van der Waals surface area (Å²) in [6.45, 7) is 4.07. The van der Waals surface area contributed by atoms with Crippen molar-refractivity contribution < 1.29 is 29.0 Å². The van der Waals surface area contributed by atoms with Crippen LogP contribution in [0.25, 0.3) is 0 Å². The molecule has 0 radical (unpaired) electrons. The molecular weight excluding hydrogens is 434 g/mol. The summed E-state index contributed by atoms with van der Waals surface area (Å²) in [7, 11) is 1.41. The number of aromatic hydroxyl groups is 1. The molecule has 2 amide bonds. The Bertz CT molecular complexity index is 1060. The zero-order chi connectivity index (χ0) is 23.3. The average Bonchev–Trinajstić information content (AvgIpc) is 3.11. The normalized spacial score (nSPS) is 15.2. The van der Waals surface area contributed by atoms with Gasteiger partial charge < -0.3 is 19.9 Å². The Kier molecular flexibility index (Phi) is 7.47. The van der Waals surface area contributed by atoms with E-state index in [9.17, 15) is 19.5 Å². The van der Waals surface area contributed by atoms with Crippen molar-refractivity contribution in [2.24, 2.45) is 11.0 Å². The molecule has 0 saturated carbocycles. The van der Waals surface area contributed by atoms with Gasteiger partial charge in [-0.3, -0.25) is 9.59 Å². The number of phenols is 1. The minimum Gasteiger partial charge on any atom is -0.504 e. The number of carbonyl (C=O) groups excluding carboxylic acids is 3. The number of rotatable bonds is 6. The maximum Gasteiger partial charge on any atom is 0.341 e. The highest BCUT2D eigenvalue weighted by atomic mass is 32.1. The second-order valence-electron chi connectivity index (χ2n) is 7.36. The van der Waals surface area contributed by atoms with Gasteiger partial charge in [-0.2, -0.15) is 5.10 Å². The van der Waals surface area contributed by atoms with E-state index in [0.717, 1.165) is 29.7 Å². The number of hydrogen-bond donors (Lipinski definition) is 3. The molecule has 9 nitrogen and oxygen atoms in total. The number of methoxy groups -OCH3 is 1. The number of nitrogens with zero attached hydrogens (tertiary/aromatic N) is 1. The fraction of sp³-hybridized carbons (Fsp3) is 0.364. The Balaban J connectivity index is 1.71. The highest BCUT2D eigenvalue weighted by Crippen LogP contribution is 2.40. The number of carbonyl (C=O) groups is 3. The third-order valence-corrected chi connectivity index (χ3v) is 6.18. The van der Waals surface area contributed by atoms with Gasteiger partial charge in [-0.25, -0.2) is 10.2 Å².